The van der Waals surface area contributed by atoms with Crippen LogP contribution in [0, 0.1) is 10.1 Å². The molecular weight excluding hydrogens is 208 g/mol. The maximum absolute atomic E-state index is 10.4. The average Bonchev–Trinajstić information content (AvgIpc) is 2.01. The van der Waals surface area contributed by atoms with Crippen LogP contribution in [0.15, 0.2) is 23.2 Å². The summed E-state index contributed by atoms with van der Waals surface area (Å²) in [4.78, 5) is 13.5. The fourth-order valence-corrected chi connectivity index (χ4v) is 1.11. The van der Waals surface area contributed by atoms with E-state index in [1.807, 2.05) is 0 Å². The van der Waals surface area contributed by atoms with Gasteiger partial charge in [0.1, 0.15) is 5.02 Å². The highest BCUT2D eigenvalue weighted by molar-refractivity contribution is 6.32. The van der Waals surface area contributed by atoms with Crippen LogP contribution in [0.1, 0.15) is 0 Å². The highest BCUT2D eigenvalue weighted by Crippen LogP contribution is 2.28. The van der Waals surface area contributed by atoms with Gasteiger partial charge < -0.3 is 11.5 Å². The summed E-state index contributed by atoms with van der Waals surface area (Å²) in [5, 5.41) is 10.4. The molecule has 0 spiro atoms. The fraction of sp³-hybridized carbons (Fsp3) is 0. The van der Waals surface area contributed by atoms with E-state index in [2.05, 4.69) is 4.99 Å². The maximum Gasteiger partial charge on any atom is 0.288 e. The molecule has 0 saturated carbocycles. The number of hydrogen-bond donors (Lipinski definition) is 2. The summed E-state index contributed by atoms with van der Waals surface area (Å²) >= 11 is 5.62. The van der Waals surface area contributed by atoms with Crippen molar-refractivity contribution >= 4 is 28.9 Å². The average molecular weight is 215 g/mol. The summed E-state index contributed by atoms with van der Waals surface area (Å²) in [6, 6.07) is 3.97. The van der Waals surface area contributed by atoms with E-state index >= 15 is 0 Å². The van der Waals surface area contributed by atoms with Crippen LogP contribution in [-0.2, 0) is 0 Å². The van der Waals surface area contributed by atoms with Crippen molar-refractivity contribution in [1.82, 2.24) is 0 Å². The van der Waals surface area contributed by atoms with Gasteiger partial charge in [0.05, 0.1) is 10.6 Å². The zero-order chi connectivity index (χ0) is 10.7. The van der Waals surface area contributed by atoms with Gasteiger partial charge >= 0.3 is 0 Å². The van der Waals surface area contributed by atoms with Crippen molar-refractivity contribution in [3.8, 4) is 0 Å². The molecular formula is C7H7ClN4O2. The van der Waals surface area contributed by atoms with E-state index in [4.69, 9.17) is 23.1 Å². The van der Waals surface area contributed by atoms with Gasteiger partial charge in [0.25, 0.3) is 5.69 Å². The minimum absolute atomic E-state index is 0.00231. The molecule has 0 heterocycles. The van der Waals surface area contributed by atoms with Crippen LogP contribution in [0.25, 0.3) is 0 Å². The van der Waals surface area contributed by atoms with Crippen molar-refractivity contribution in [2.24, 2.45) is 16.5 Å². The second-order valence-corrected chi connectivity index (χ2v) is 2.84. The number of rotatable bonds is 2. The molecule has 1 aromatic carbocycles. The molecule has 1 rings (SSSR count). The molecule has 0 bridgehead atoms. The third-order valence-electron chi connectivity index (χ3n) is 1.39. The number of aliphatic imine (C=N–C) groups is 1. The Balaban J connectivity index is 3.13. The van der Waals surface area contributed by atoms with Crippen LogP contribution in [0.5, 0.6) is 0 Å². The first-order valence-corrected chi connectivity index (χ1v) is 3.92. The van der Waals surface area contributed by atoms with Crippen molar-refractivity contribution in [3.63, 3.8) is 0 Å². The van der Waals surface area contributed by atoms with E-state index in [0.717, 1.165) is 0 Å². The van der Waals surface area contributed by atoms with Crippen LogP contribution in [-0.4, -0.2) is 10.9 Å². The molecule has 1 aromatic rings. The van der Waals surface area contributed by atoms with Crippen molar-refractivity contribution < 1.29 is 4.92 Å². The van der Waals surface area contributed by atoms with Crippen LogP contribution in [0.3, 0.4) is 0 Å². The minimum Gasteiger partial charge on any atom is -0.370 e. The number of guanidine groups is 1. The molecule has 7 heteroatoms. The minimum atomic E-state index is -0.582. The quantitative estimate of drug-likeness (QED) is 0.333. The summed E-state index contributed by atoms with van der Waals surface area (Å²) in [6.07, 6.45) is 0. The van der Waals surface area contributed by atoms with Crippen molar-refractivity contribution in [3.05, 3.63) is 33.3 Å². The van der Waals surface area contributed by atoms with Gasteiger partial charge in [-0.1, -0.05) is 11.6 Å². The largest absolute Gasteiger partial charge is 0.370 e. The summed E-state index contributed by atoms with van der Waals surface area (Å²) in [7, 11) is 0. The standard InChI is InChI=1S/C7H7ClN4O2/c8-5-3-4(11-7(9)10)1-2-6(5)12(13)14/h1-3H,(H4,9,10,11). The van der Waals surface area contributed by atoms with E-state index in [1.165, 1.54) is 18.2 Å². The Kier molecular flexibility index (Phi) is 2.88. The van der Waals surface area contributed by atoms with E-state index in [1.54, 1.807) is 0 Å². The van der Waals surface area contributed by atoms with Crippen LogP contribution in [0.2, 0.25) is 5.02 Å². The van der Waals surface area contributed by atoms with E-state index in [9.17, 15) is 10.1 Å². The van der Waals surface area contributed by atoms with Gasteiger partial charge in [-0.25, -0.2) is 4.99 Å². The molecule has 0 fully saturated rings. The number of halogens is 1. The molecule has 0 aliphatic heterocycles. The number of nitro groups is 1. The second-order valence-electron chi connectivity index (χ2n) is 2.43. The number of nitro benzene ring substituents is 1. The van der Waals surface area contributed by atoms with Gasteiger partial charge in [-0.15, -0.1) is 0 Å². The topological polar surface area (TPSA) is 108 Å². The monoisotopic (exact) mass is 214 g/mol. The van der Waals surface area contributed by atoms with Gasteiger partial charge in [0.2, 0.25) is 0 Å². The van der Waals surface area contributed by atoms with E-state index < -0.39 is 4.92 Å². The number of nitrogens with two attached hydrogens (primary N) is 2. The molecule has 0 unspecified atom stereocenters. The normalized spacial score (nSPS) is 9.50. The Morgan fingerprint density at radius 3 is 2.57 bits per heavy atom. The first-order chi connectivity index (χ1) is 6.50. The smallest absolute Gasteiger partial charge is 0.288 e. The molecule has 0 saturated heterocycles. The highest BCUT2D eigenvalue weighted by Gasteiger charge is 2.11. The first-order valence-electron chi connectivity index (χ1n) is 3.54. The molecule has 74 valence electrons. The molecule has 0 aliphatic carbocycles. The van der Waals surface area contributed by atoms with E-state index in [-0.39, 0.29) is 16.7 Å². The summed E-state index contributed by atoms with van der Waals surface area (Å²) < 4.78 is 0. The van der Waals surface area contributed by atoms with Gasteiger partial charge in [-0.2, -0.15) is 0 Å². The molecule has 0 aliphatic rings. The van der Waals surface area contributed by atoms with Gasteiger partial charge in [0.15, 0.2) is 5.96 Å². The number of hydrogen-bond acceptors (Lipinski definition) is 3. The predicted molar refractivity (Wildman–Crippen MR) is 53.6 cm³/mol. The van der Waals surface area contributed by atoms with Crippen molar-refractivity contribution in [1.29, 1.82) is 0 Å². The first kappa shape index (κ1) is 10.3. The third-order valence-corrected chi connectivity index (χ3v) is 1.69. The van der Waals surface area contributed by atoms with Crippen LogP contribution >= 0.6 is 11.6 Å². The van der Waals surface area contributed by atoms with E-state index in [0.29, 0.717) is 5.69 Å². The maximum atomic E-state index is 10.4. The molecule has 0 aromatic heterocycles. The van der Waals surface area contributed by atoms with Crippen molar-refractivity contribution in [2.75, 3.05) is 0 Å². The lowest BCUT2D eigenvalue weighted by Gasteiger charge is -1.97. The summed E-state index contributed by atoms with van der Waals surface area (Å²) in [5.41, 5.74) is 10.4. The zero-order valence-corrected chi connectivity index (χ0v) is 7.73. The predicted octanol–water partition coefficient (Wildman–Crippen LogP) is 1.15. The Morgan fingerprint density at radius 1 is 1.50 bits per heavy atom. The Morgan fingerprint density at radius 2 is 2.14 bits per heavy atom. The number of benzene rings is 1. The highest BCUT2D eigenvalue weighted by atomic mass is 35.5. The molecule has 0 amide bonds. The SMILES string of the molecule is NC(N)=Nc1ccc([N+](=O)[O-])c(Cl)c1. The van der Waals surface area contributed by atoms with Gasteiger partial charge in [-0.3, -0.25) is 10.1 Å². The summed E-state index contributed by atoms with van der Waals surface area (Å²) in [6.45, 7) is 0. The van der Waals surface area contributed by atoms with Crippen molar-refractivity contribution in [2.45, 2.75) is 0 Å². The lowest BCUT2D eigenvalue weighted by molar-refractivity contribution is -0.384. The second kappa shape index (κ2) is 3.93. The summed E-state index contributed by atoms with van der Waals surface area (Å²) in [5.74, 6) is -0.130. The Bertz CT molecular complexity index is 401. The molecule has 0 atom stereocenters. The lowest BCUT2D eigenvalue weighted by atomic mass is 10.3. The molecule has 14 heavy (non-hydrogen) atoms. The molecule has 4 N–H and O–H groups in total. The lowest BCUT2D eigenvalue weighted by Crippen LogP contribution is -2.21. The third kappa shape index (κ3) is 2.33. The van der Waals surface area contributed by atoms with Gasteiger partial charge in [0, 0.05) is 6.07 Å². The number of nitrogens with zero attached hydrogens (tertiary/aromatic N) is 2. The molecule has 0 radical (unpaired) electrons. The zero-order valence-electron chi connectivity index (χ0n) is 6.98. The van der Waals surface area contributed by atoms with Gasteiger partial charge in [-0.05, 0) is 12.1 Å². The Hall–Kier alpha value is -1.82. The fourth-order valence-electron chi connectivity index (χ4n) is 0.862. The van der Waals surface area contributed by atoms with Crippen LogP contribution in [0.4, 0.5) is 11.4 Å². The molecule has 6 nitrogen and oxygen atoms in total. The Labute approximate surface area is 84.3 Å². The van der Waals surface area contributed by atoms with Crippen LogP contribution < -0.4 is 11.5 Å².